The highest BCUT2D eigenvalue weighted by Crippen LogP contribution is 2.35. The van der Waals surface area contributed by atoms with Crippen LogP contribution in [-0.4, -0.2) is 45.4 Å². The van der Waals surface area contributed by atoms with E-state index in [1.165, 1.54) is 11.1 Å². The Labute approximate surface area is 151 Å². The summed E-state index contributed by atoms with van der Waals surface area (Å²) in [6.07, 6.45) is 5.22. The number of carbonyl (C=O) groups is 2. The van der Waals surface area contributed by atoms with E-state index in [0.29, 0.717) is 25.1 Å². The first-order valence-electron chi connectivity index (χ1n) is 8.86. The second-order valence-corrected chi connectivity index (χ2v) is 7.10. The molecule has 2 aliphatic rings. The summed E-state index contributed by atoms with van der Waals surface area (Å²) in [6.45, 7) is 2.69. The number of fused-ring (bicyclic) bond motifs is 1. The second-order valence-electron chi connectivity index (χ2n) is 7.10. The summed E-state index contributed by atoms with van der Waals surface area (Å²) in [5.41, 5.74) is 3.99. The minimum atomic E-state index is -0.901. The first-order valence-corrected chi connectivity index (χ1v) is 8.86. The van der Waals surface area contributed by atoms with E-state index in [0.717, 1.165) is 12.1 Å². The molecule has 0 aliphatic carbocycles. The SMILES string of the molecule is Cc1ccc2c(c1)CCN2C(=O)C1CCC(C(=O)O)N1c1cnn(C)c1. The van der Waals surface area contributed by atoms with Crippen molar-refractivity contribution in [2.45, 2.75) is 38.3 Å². The molecule has 0 bridgehead atoms. The number of benzene rings is 1. The van der Waals surface area contributed by atoms with Crippen molar-refractivity contribution in [2.75, 3.05) is 16.3 Å². The Kier molecular flexibility index (Phi) is 3.94. The topological polar surface area (TPSA) is 78.7 Å². The molecule has 7 nitrogen and oxygen atoms in total. The number of nitrogens with zero attached hydrogens (tertiary/aromatic N) is 4. The maximum Gasteiger partial charge on any atom is 0.326 e. The van der Waals surface area contributed by atoms with E-state index in [1.54, 1.807) is 29.0 Å². The van der Waals surface area contributed by atoms with Crippen LogP contribution in [-0.2, 0) is 23.1 Å². The molecule has 1 N–H and O–H groups in total. The van der Waals surface area contributed by atoms with Crippen molar-refractivity contribution in [3.8, 4) is 0 Å². The van der Waals surface area contributed by atoms with E-state index in [9.17, 15) is 14.7 Å². The summed E-state index contributed by atoms with van der Waals surface area (Å²) in [5.74, 6) is -0.929. The van der Waals surface area contributed by atoms with Crippen LogP contribution in [0.25, 0.3) is 0 Å². The number of aryl methyl sites for hydroxylation is 2. The number of carbonyl (C=O) groups excluding carboxylic acids is 1. The summed E-state index contributed by atoms with van der Waals surface area (Å²) >= 11 is 0. The zero-order valence-corrected chi connectivity index (χ0v) is 14.9. The molecule has 1 aromatic heterocycles. The van der Waals surface area contributed by atoms with Crippen molar-refractivity contribution in [3.05, 3.63) is 41.7 Å². The fourth-order valence-corrected chi connectivity index (χ4v) is 4.14. The number of aromatic nitrogens is 2. The summed E-state index contributed by atoms with van der Waals surface area (Å²) < 4.78 is 1.63. The van der Waals surface area contributed by atoms with Gasteiger partial charge in [-0.1, -0.05) is 17.7 Å². The number of hydrogen-bond donors (Lipinski definition) is 1. The average molecular weight is 354 g/mol. The number of amides is 1. The van der Waals surface area contributed by atoms with Gasteiger partial charge in [-0.15, -0.1) is 0 Å². The first kappa shape index (κ1) is 16.6. The Morgan fingerprint density at radius 3 is 2.69 bits per heavy atom. The van der Waals surface area contributed by atoms with Gasteiger partial charge in [-0.2, -0.15) is 5.10 Å². The Morgan fingerprint density at radius 1 is 1.23 bits per heavy atom. The third-order valence-corrected chi connectivity index (χ3v) is 5.34. The Morgan fingerprint density at radius 2 is 2.00 bits per heavy atom. The van der Waals surface area contributed by atoms with Gasteiger partial charge in [0.1, 0.15) is 12.1 Å². The predicted molar refractivity (Wildman–Crippen MR) is 97.4 cm³/mol. The van der Waals surface area contributed by atoms with Gasteiger partial charge in [-0.3, -0.25) is 9.48 Å². The van der Waals surface area contributed by atoms with E-state index in [1.807, 2.05) is 24.0 Å². The molecule has 136 valence electrons. The molecule has 0 radical (unpaired) electrons. The van der Waals surface area contributed by atoms with Crippen LogP contribution in [0.1, 0.15) is 24.0 Å². The zero-order chi connectivity index (χ0) is 18.4. The Hall–Kier alpha value is -2.83. The van der Waals surface area contributed by atoms with Crippen LogP contribution in [0.15, 0.2) is 30.6 Å². The average Bonchev–Trinajstić information content (AvgIpc) is 3.30. The van der Waals surface area contributed by atoms with Crippen LogP contribution >= 0.6 is 0 Å². The van der Waals surface area contributed by atoms with Gasteiger partial charge >= 0.3 is 5.97 Å². The zero-order valence-electron chi connectivity index (χ0n) is 14.9. The molecule has 1 amide bonds. The van der Waals surface area contributed by atoms with Crippen molar-refractivity contribution >= 4 is 23.3 Å². The van der Waals surface area contributed by atoms with Gasteiger partial charge in [-0.25, -0.2) is 4.79 Å². The number of carboxylic acid groups (broad SMARTS) is 1. The summed E-state index contributed by atoms with van der Waals surface area (Å²) in [5, 5.41) is 13.8. The van der Waals surface area contributed by atoms with Gasteiger partial charge in [0.2, 0.25) is 5.91 Å². The van der Waals surface area contributed by atoms with Crippen LogP contribution in [0.2, 0.25) is 0 Å². The van der Waals surface area contributed by atoms with Gasteiger partial charge in [0, 0.05) is 25.5 Å². The molecular formula is C19H22N4O3. The van der Waals surface area contributed by atoms with Crippen LogP contribution in [0.3, 0.4) is 0 Å². The molecule has 1 saturated heterocycles. The van der Waals surface area contributed by atoms with Gasteiger partial charge in [0.25, 0.3) is 0 Å². The molecule has 4 rings (SSSR count). The van der Waals surface area contributed by atoms with E-state index in [4.69, 9.17) is 0 Å². The van der Waals surface area contributed by atoms with E-state index in [-0.39, 0.29) is 5.91 Å². The fourth-order valence-electron chi connectivity index (χ4n) is 4.14. The van der Waals surface area contributed by atoms with E-state index < -0.39 is 18.1 Å². The lowest BCUT2D eigenvalue weighted by atomic mass is 10.1. The molecule has 26 heavy (non-hydrogen) atoms. The third kappa shape index (κ3) is 2.64. The molecule has 1 aromatic carbocycles. The number of hydrogen-bond acceptors (Lipinski definition) is 4. The first-order chi connectivity index (χ1) is 12.5. The molecule has 7 heteroatoms. The van der Waals surface area contributed by atoms with Crippen molar-refractivity contribution in [1.29, 1.82) is 0 Å². The van der Waals surface area contributed by atoms with Gasteiger partial charge in [0.15, 0.2) is 0 Å². The molecule has 1 fully saturated rings. The fraction of sp³-hybridized carbons (Fsp3) is 0.421. The summed E-state index contributed by atoms with van der Waals surface area (Å²) in [6, 6.07) is 4.95. The quantitative estimate of drug-likeness (QED) is 0.908. The van der Waals surface area contributed by atoms with Gasteiger partial charge in [-0.05, 0) is 37.8 Å². The Bertz CT molecular complexity index is 875. The van der Waals surface area contributed by atoms with Crippen molar-refractivity contribution < 1.29 is 14.7 Å². The number of carboxylic acids is 1. The number of rotatable bonds is 3. The molecule has 0 spiro atoms. The lowest BCUT2D eigenvalue weighted by molar-refractivity contribution is -0.138. The lowest BCUT2D eigenvalue weighted by Gasteiger charge is -2.31. The van der Waals surface area contributed by atoms with Crippen molar-refractivity contribution in [3.63, 3.8) is 0 Å². The smallest absolute Gasteiger partial charge is 0.326 e. The van der Waals surface area contributed by atoms with Crippen LogP contribution in [0.4, 0.5) is 11.4 Å². The minimum absolute atomic E-state index is 0.0276. The maximum absolute atomic E-state index is 13.3. The molecular weight excluding hydrogens is 332 g/mol. The molecule has 2 unspecified atom stereocenters. The molecule has 0 saturated carbocycles. The van der Waals surface area contributed by atoms with Crippen molar-refractivity contribution in [1.82, 2.24) is 9.78 Å². The second kappa shape index (κ2) is 6.16. The van der Waals surface area contributed by atoms with Gasteiger partial charge in [0.05, 0.1) is 11.9 Å². The number of aliphatic carboxylic acids is 1. The standard InChI is InChI=1S/C19H22N4O3/c1-12-3-4-15-13(9-12)7-8-22(15)18(24)16-5-6-17(19(25)26)23(16)14-10-20-21(2)11-14/h3-4,9-11,16-17H,5-8H2,1-2H3,(H,25,26). The largest absolute Gasteiger partial charge is 0.480 e. The third-order valence-electron chi connectivity index (χ3n) is 5.34. The minimum Gasteiger partial charge on any atom is -0.480 e. The normalized spacial score (nSPS) is 21.9. The predicted octanol–water partition coefficient (Wildman–Crippen LogP) is 1.74. The van der Waals surface area contributed by atoms with Crippen LogP contribution in [0, 0.1) is 6.92 Å². The maximum atomic E-state index is 13.3. The monoisotopic (exact) mass is 354 g/mol. The van der Waals surface area contributed by atoms with Crippen LogP contribution < -0.4 is 9.80 Å². The molecule has 2 aliphatic heterocycles. The highest BCUT2D eigenvalue weighted by atomic mass is 16.4. The lowest BCUT2D eigenvalue weighted by Crippen LogP contribution is -2.49. The Balaban J connectivity index is 1.66. The molecule has 2 atom stereocenters. The molecule has 2 aromatic rings. The van der Waals surface area contributed by atoms with Gasteiger partial charge < -0.3 is 14.9 Å². The number of anilines is 2. The van der Waals surface area contributed by atoms with Crippen molar-refractivity contribution in [2.24, 2.45) is 7.05 Å². The molecule has 3 heterocycles. The highest BCUT2D eigenvalue weighted by Gasteiger charge is 2.44. The summed E-state index contributed by atoms with van der Waals surface area (Å²) in [4.78, 5) is 28.6. The van der Waals surface area contributed by atoms with E-state index >= 15 is 0 Å². The summed E-state index contributed by atoms with van der Waals surface area (Å²) in [7, 11) is 1.78. The van der Waals surface area contributed by atoms with Crippen LogP contribution in [0.5, 0.6) is 0 Å². The highest BCUT2D eigenvalue weighted by molar-refractivity contribution is 6.02. The van der Waals surface area contributed by atoms with E-state index in [2.05, 4.69) is 11.2 Å².